The monoisotopic (exact) mass is 365 g/mol. The average Bonchev–Trinajstić information content (AvgIpc) is 2.61. The van der Waals surface area contributed by atoms with Crippen LogP contribution in [0.25, 0.3) is 6.08 Å². The molecule has 0 aromatic heterocycles. The minimum absolute atomic E-state index is 0.427. The largest absolute Gasteiger partial charge is 0.497 e. The van der Waals surface area contributed by atoms with E-state index in [0.29, 0.717) is 29.4 Å². The van der Waals surface area contributed by atoms with Gasteiger partial charge in [0.15, 0.2) is 0 Å². The molecule has 0 saturated heterocycles. The molecule has 26 heavy (non-hydrogen) atoms. The van der Waals surface area contributed by atoms with Crippen LogP contribution in [-0.4, -0.2) is 19.6 Å². The third kappa shape index (κ3) is 5.27. The molecule has 0 heterocycles. The van der Waals surface area contributed by atoms with Crippen LogP contribution in [0.3, 0.4) is 0 Å². The van der Waals surface area contributed by atoms with Gasteiger partial charge in [-0.3, -0.25) is 4.79 Å². The molecule has 0 aliphatic rings. The Balaban J connectivity index is 2.09. The summed E-state index contributed by atoms with van der Waals surface area (Å²) < 4.78 is 48.2. The minimum atomic E-state index is -4.39. The Labute approximate surface area is 149 Å². The van der Waals surface area contributed by atoms with Crippen molar-refractivity contribution in [2.45, 2.75) is 13.1 Å². The van der Waals surface area contributed by atoms with E-state index in [1.807, 2.05) is 6.92 Å². The summed E-state index contributed by atoms with van der Waals surface area (Å²) in [4.78, 5) is 12.1. The highest BCUT2D eigenvalue weighted by molar-refractivity contribution is 6.02. The van der Waals surface area contributed by atoms with Crippen LogP contribution in [0.15, 0.2) is 48.5 Å². The van der Waals surface area contributed by atoms with Crippen molar-refractivity contribution >= 4 is 17.7 Å². The quantitative estimate of drug-likeness (QED) is 0.751. The molecule has 0 bridgehead atoms. The number of benzene rings is 2. The minimum Gasteiger partial charge on any atom is -0.497 e. The first-order valence-corrected chi connectivity index (χ1v) is 7.80. The molecule has 7 heteroatoms. The number of rotatable bonds is 6. The molecule has 4 nitrogen and oxygen atoms in total. The van der Waals surface area contributed by atoms with Gasteiger partial charge in [0.2, 0.25) is 5.91 Å². The fourth-order valence-corrected chi connectivity index (χ4v) is 2.14. The molecule has 0 unspecified atom stereocenters. The van der Waals surface area contributed by atoms with Gasteiger partial charge in [-0.2, -0.15) is 13.2 Å². The average molecular weight is 365 g/mol. The van der Waals surface area contributed by atoms with Crippen LogP contribution in [0.2, 0.25) is 0 Å². The Bertz CT molecular complexity index is 784. The highest BCUT2D eigenvalue weighted by Gasteiger charge is 2.29. The zero-order valence-corrected chi connectivity index (χ0v) is 14.3. The number of amides is 1. The molecule has 2 aromatic rings. The molecule has 0 aliphatic heterocycles. The normalized spacial score (nSPS) is 11.4. The van der Waals surface area contributed by atoms with Gasteiger partial charge < -0.3 is 14.8 Å². The number of hydrogen-bond donors (Lipinski definition) is 1. The Morgan fingerprint density at radius 3 is 2.42 bits per heavy atom. The SMILES string of the molecule is CCOc1ccc(OC)cc1NC(=O)/C=C/c1ccc(C(F)(F)F)cc1. The summed E-state index contributed by atoms with van der Waals surface area (Å²) in [6, 6.07) is 9.53. The van der Waals surface area contributed by atoms with E-state index in [4.69, 9.17) is 9.47 Å². The van der Waals surface area contributed by atoms with Crippen LogP contribution < -0.4 is 14.8 Å². The summed E-state index contributed by atoms with van der Waals surface area (Å²) in [7, 11) is 1.51. The number of carbonyl (C=O) groups excluding carboxylic acids is 1. The van der Waals surface area contributed by atoms with Gasteiger partial charge in [0.25, 0.3) is 0 Å². The van der Waals surface area contributed by atoms with E-state index in [1.54, 1.807) is 18.2 Å². The second-order valence-corrected chi connectivity index (χ2v) is 5.24. The van der Waals surface area contributed by atoms with E-state index in [1.165, 1.54) is 31.4 Å². The van der Waals surface area contributed by atoms with Crippen LogP contribution >= 0.6 is 0 Å². The summed E-state index contributed by atoms with van der Waals surface area (Å²) in [5.41, 5.74) is 0.175. The molecule has 0 aliphatic carbocycles. The topological polar surface area (TPSA) is 47.6 Å². The van der Waals surface area contributed by atoms with Crippen molar-refractivity contribution in [1.82, 2.24) is 0 Å². The molecule has 0 spiro atoms. The molecule has 0 radical (unpaired) electrons. The smallest absolute Gasteiger partial charge is 0.416 e. The lowest BCUT2D eigenvalue weighted by Crippen LogP contribution is -2.09. The van der Waals surface area contributed by atoms with Crippen molar-refractivity contribution in [3.05, 3.63) is 59.7 Å². The lowest BCUT2D eigenvalue weighted by Gasteiger charge is -2.12. The number of carbonyl (C=O) groups is 1. The van der Waals surface area contributed by atoms with Gasteiger partial charge in [0.05, 0.1) is 25.0 Å². The van der Waals surface area contributed by atoms with Crippen molar-refractivity contribution in [2.24, 2.45) is 0 Å². The lowest BCUT2D eigenvalue weighted by molar-refractivity contribution is -0.137. The van der Waals surface area contributed by atoms with E-state index in [9.17, 15) is 18.0 Å². The molecule has 0 fully saturated rings. The maximum atomic E-state index is 12.5. The number of alkyl halides is 3. The predicted molar refractivity (Wildman–Crippen MR) is 93.3 cm³/mol. The van der Waals surface area contributed by atoms with Gasteiger partial charge in [-0.1, -0.05) is 12.1 Å². The van der Waals surface area contributed by atoms with Crippen LogP contribution in [0.4, 0.5) is 18.9 Å². The van der Waals surface area contributed by atoms with Gasteiger partial charge >= 0.3 is 6.18 Å². The van der Waals surface area contributed by atoms with E-state index >= 15 is 0 Å². The van der Waals surface area contributed by atoms with E-state index in [0.717, 1.165) is 12.1 Å². The van der Waals surface area contributed by atoms with Gasteiger partial charge in [-0.05, 0) is 42.8 Å². The second kappa shape index (κ2) is 8.42. The fraction of sp³-hybridized carbons (Fsp3) is 0.211. The van der Waals surface area contributed by atoms with Crippen molar-refractivity contribution in [2.75, 3.05) is 19.0 Å². The Morgan fingerprint density at radius 1 is 1.15 bits per heavy atom. The van der Waals surface area contributed by atoms with Gasteiger partial charge in [-0.15, -0.1) is 0 Å². The van der Waals surface area contributed by atoms with Crippen LogP contribution in [0.5, 0.6) is 11.5 Å². The van der Waals surface area contributed by atoms with E-state index < -0.39 is 17.6 Å². The second-order valence-electron chi connectivity index (χ2n) is 5.24. The Kier molecular flexibility index (Phi) is 6.27. The summed E-state index contributed by atoms with van der Waals surface area (Å²) >= 11 is 0. The number of anilines is 1. The van der Waals surface area contributed by atoms with Crippen LogP contribution in [0.1, 0.15) is 18.1 Å². The van der Waals surface area contributed by atoms with Crippen molar-refractivity contribution in [3.63, 3.8) is 0 Å². The highest BCUT2D eigenvalue weighted by Crippen LogP contribution is 2.30. The molecular formula is C19H18F3NO3. The molecule has 2 aromatic carbocycles. The van der Waals surface area contributed by atoms with Gasteiger partial charge in [0, 0.05) is 12.1 Å². The van der Waals surface area contributed by atoms with E-state index in [-0.39, 0.29) is 0 Å². The Hall–Kier alpha value is -2.96. The number of ether oxygens (including phenoxy) is 2. The Morgan fingerprint density at radius 2 is 1.85 bits per heavy atom. The first-order chi connectivity index (χ1) is 12.3. The molecule has 138 valence electrons. The molecule has 1 amide bonds. The van der Waals surface area contributed by atoms with Gasteiger partial charge in [0.1, 0.15) is 11.5 Å². The number of nitrogens with one attached hydrogen (secondary N) is 1. The fourth-order valence-electron chi connectivity index (χ4n) is 2.14. The third-order valence-corrected chi connectivity index (χ3v) is 3.41. The van der Waals surface area contributed by atoms with Crippen LogP contribution in [0, 0.1) is 0 Å². The molecule has 2 rings (SSSR count). The van der Waals surface area contributed by atoms with Crippen molar-refractivity contribution in [1.29, 1.82) is 0 Å². The maximum absolute atomic E-state index is 12.5. The zero-order valence-electron chi connectivity index (χ0n) is 14.3. The number of halogens is 3. The van der Waals surface area contributed by atoms with Gasteiger partial charge in [-0.25, -0.2) is 0 Å². The summed E-state index contributed by atoms with van der Waals surface area (Å²) in [5.74, 6) is 0.596. The molecule has 0 atom stereocenters. The van der Waals surface area contributed by atoms with Crippen molar-refractivity contribution in [3.8, 4) is 11.5 Å². The third-order valence-electron chi connectivity index (χ3n) is 3.41. The molecule has 1 N–H and O–H groups in total. The zero-order chi connectivity index (χ0) is 19.2. The number of methoxy groups -OCH3 is 1. The predicted octanol–water partition coefficient (Wildman–Crippen LogP) is 4.76. The summed E-state index contributed by atoms with van der Waals surface area (Å²) in [6.45, 7) is 2.25. The standard InChI is InChI=1S/C19H18F3NO3/c1-3-26-17-10-9-15(25-2)12-16(17)23-18(24)11-6-13-4-7-14(8-5-13)19(20,21)22/h4-12H,3H2,1-2H3,(H,23,24)/b11-6+. The maximum Gasteiger partial charge on any atom is 0.416 e. The summed E-state index contributed by atoms with van der Waals surface area (Å²) in [6.07, 6.45) is -1.73. The van der Waals surface area contributed by atoms with Crippen LogP contribution in [-0.2, 0) is 11.0 Å². The molecular weight excluding hydrogens is 347 g/mol. The molecule has 0 saturated carbocycles. The summed E-state index contributed by atoms with van der Waals surface area (Å²) in [5, 5.41) is 2.67. The lowest BCUT2D eigenvalue weighted by atomic mass is 10.1. The first kappa shape index (κ1) is 19.4. The van der Waals surface area contributed by atoms with Crippen molar-refractivity contribution < 1.29 is 27.4 Å². The first-order valence-electron chi connectivity index (χ1n) is 7.80. The highest BCUT2D eigenvalue weighted by atomic mass is 19.4. The number of hydrogen-bond acceptors (Lipinski definition) is 3. The van der Waals surface area contributed by atoms with E-state index in [2.05, 4.69) is 5.32 Å².